The van der Waals surface area contributed by atoms with Gasteiger partial charge in [-0.05, 0) is 57.5 Å². The van der Waals surface area contributed by atoms with Crippen LogP contribution in [0.25, 0.3) is 0 Å². The molecule has 0 spiro atoms. The molecule has 0 amide bonds. The Morgan fingerprint density at radius 2 is 1.95 bits per heavy atom. The number of ether oxygens (including phenoxy) is 1. The van der Waals surface area contributed by atoms with E-state index < -0.39 is 0 Å². The number of hydrogen-bond acceptors (Lipinski definition) is 3. The van der Waals surface area contributed by atoms with Crippen molar-refractivity contribution in [3.05, 3.63) is 52.7 Å². The van der Waals surface area contributed by atoms with Gasteiger partial charge in [0.15, 0.2) is 0 Å². The summed E-state index contributed by atoms with van der Waals surface area (Å²) in [5, 5.41) is 4.12. The van der Waals surface area contributed by atoms with Crippen molar-refractivity contribution in [1.29, 1.82) is 0 Å². The smallest absolute Gasteiger partial charge is 0.219 e. The summed E-state index contributed by atoms with van der Waals surface area (Å²) in [6.07, 6.45) is 0. The van der Waals surface area contributed by atoms with Crippen LogP contribution in [0.3, 0.4) is 0 Å². The van der Waals surface area contributed by atoms with Gasteiger partial charge in [0.1, 0.15) is 5.75 Å². The van der Waals surface area contributed by atoms with Gasteiger partial charge in [-0.3, -0.25) is 0 Å². The molecule has 2 aromatic rings. The van der Waals surface area contributed by atoms with Crippen LogP contribution in [0.4, 0.5) is 0 Å². The lowest BCUT2D eigenvalue weighted by molar-refractivity contribution is 0.415. The molecule has 0 aliphatic carbocycles. The van der Waals surface area contributed by atoms with Crippen molar-refractivity contribution in [3.8, 4) is 11.6 Å². The highest BCUT2D eigenvalue weighted by Crippen LogP contribution is 2.26. The normalized spacial score (nSPS) is 11.5. The Labute approximate surface area is 131 Å². The van der Waals surface area contributed by atoms with Gasteiger partial charge in [-0.2, -0.15) is 0 Å². The molecule has 0 atom stereocenters. The SMILES string of the molecule is Cc1cc(Cl)ccc1Oc1cccc(CNC(C)(C)C)n1. The minimum absolute atomic E-state index is 0.0608. The number of aromatic nitrogens is 1. The van der Waals surface area contributed by atoms with Crippen LogP contribution < -0.4 is 10.1 Å². The molecule has 3 nitrogen and oxygen atoms in total. The van der Waals surface area contributed by atoms with E-state index in [2.05, 4.69) is 31.1 Å². The average Bonchev–Trinajstić information content (AvgIpc) is 2.39. The highest BCUT2D eigenvalue weighted by atomic mass is 35.5. The van der Waals surface area contributed by atoms with Gasteiger partial charge in [-0.25, -0.2) is 4.98 Å². The lowest BCUT2D eigenvalue weighted by Crippen LogP contribution is -2.35. The monoisotopic (exact) mass is 304 g/mol. The van der Waals surface area contributed by atoms with Crippen molar-refractivity contribution in [2.45, 2.75) is 39.8 Å². The summed E-state index contributed by atoms with van der Waals surface area (Å²) in [6.45, 7) is 9.06. The first-order chi connectivity index (χ1) is 9.83. The Morgan fingerprint density at radius 1 is 1.19 bits per heavy atom. The van der Waals surface area contributed by atoms with Crippen molar-refractivity contribution >= 4 is 11.6 Å². The molecule has 21 heavy (non-hydrogen) atoms. The fraction of sp³-hybridized carbons (Fsp3) is 0.353. The van der Waals surface area contributed by atoms with Crippen molar-refractivity contribution in [2.24, 2.45) is 0 Å². The first-order valence-corrected chi connectivity index (χ1v) is 7.36. The molecule has 0 bridgehead atoms. The van der Waals surface area contributed by atoms with Crippen molar-refractivity contribution in [2.75, 3.05) is 0 Å². The molecular weight excluding hydrogens is 284 g/mol. The number of hydrogen-bond donors (Lipinski definition) is 1. The molecule has 1 heterocycles. The van der Waals surface area contributed by atoms with Gasteiger partial charge in [0.05, 0.1) is 5.69 Å². The molecule has 112 valence electrons. The molecule has 0 radical (unpaired) electrons. The van der Waals surface area contributed by atoms with Crippen LogP contribution >= 0.6 is 11.6 Å². The Balaban J connectivity index is 2.10. The molecule has 0 unspecified atom stereocenters. The molecule has 0 saturated carbocycles. The van der Waals surface area contributed by atoms with Crippen LogP contribution in [0.15, 0.2) is 36.4 Å². The molecule has 0 fully saturated rings. The second-order valence-electron chi connectivity index (χ2n) is 6.08. The third kappa shape index (κ3) is 5.03. The maximum absolute atomic E-state index is 5.95. The third-order valence-corrected chi connectivity index (χ3v) is 3.17. The van der Waals surface area contributed by atoms with E-state index in [1.165, 1.54) is 0 Å². The Morgan fingerprint density at radius 3 is 2.62 bits per heavy atom. The topological polar surface area (TPSA) is 34.1 Å². The molecule has 0 saturated heterocycles. The van der Waals surface area contributed by atoms with Crippen molar-refractivity contribution < 1.29 is 4.74 Å². The molecule has 1 N–H and O–H groups in total. The number of aryl methyl sites for hydroxylation is 1. The zero-order valence-corrected chi connectivity index (χ0v) is 13.7. The second-order valence-corrected chi connectivity index (χ2v) is 6.52. The number of rotatable bonds is 4. The first kappa shape index (κ1) is 15.8. The molecule has 1 aromatic carbocycles. The minimum atomic E-state index is 0.0608. The highest BCUT2D eigenvalue weighted by Gasteiger charge is 2.09. The lowest BCUT2D eigenvalue weighted by Gasteiger charge is -2.20. The first-order valence-electron chi connectivity index (χ1n) is 6.98. The molecule has 4 heteroatoms. The zero-order valence-electron chi connectivity index (χ0n) is 12.9. The van der Waals surface area contributed by atoms with Crippen molar-refractivity contribution in [3.63, 3.8) is 0 Å². The third-order valence-electron chi connectivity index (χ3n) is 2.93. The molecule has 0 aliphatic heterocycles. The minimum Gasteiger partial charge on any atom is -0.439 e. The fourth-order valence-corrected chi connectivity index (χ4v) is 2.04. The quantitative estimate of drug-likeness (QED) is 0.887. The van der Waals surface area contributed by atoms with E-state index in [9.17, 15) is 0 Å². The Hall–Kier alpha value is -1.58. The van der Waals surface area contributed by atoms with Crippen LogP contribution in [0.2, 0.25) is 5.02 Å². The number of halogens is 1. The van der Waals surface area contributed by atoms with E-state index >= 15 is 0 Å². The number of pyridine rings is 1. The summed E-state index contributed by atoms with van der Waals surface area (Å²) < 4.78 is 5.84. The number of benzene rings is 1. The van der Waals surface area contributed by atoms with E-state index in [-0.39, 0.29) is 5.54 Å². The summed E-state index contributed by atoms with van der Waals surface area (Å²) in [7, 11) is 0. The van der Waals surface area contributed by atoms with Gasteiger partial charge in [-0.1, -0.05) is 17.7 Å². The average molecular weight is 305 g/mol. The maximum Gasteiger partial charge on any atom is 0.219 e. The lowest BCUT2D eigenvalue weighted by atomic mass is 10.1. The highest BCUT2D eigenvalue weighted by molar-refractivity contribution is 6.30. The zero-order chi connectivity index (χ0) is 15.5. The van der Waals surface area contributed by atoms with Crippen LogP contribution in [-0.4, -0.2) is 10.5 Å². The molecule has 0 aliphatic rings. The second kappa shape index (κ2) is 6.46. The van der Waals surface area contributed by atoms with E-state index in [4.69, 9.17) is 16.3 Å². The van der Waals surface area contributed by atoms with Gasteiger partial charge in [0.2, 0.25) is 5.88 Å². The van der Waals surface area contributed by atoms with Crippen LogP contribution in [0.5, 0.6) is 11.6 Å². The standard InChI is InChI=1S/C17H21ClN2O/c1-12-10-13(18)8-9-15(12)21-16-7-5-6-14(20-16)11-19-17(2,3)4/h5-10,19H,11H2,1-4H3. The van der Waals surface area contributed by atoms with E-state index in [0.29, 0.717) is 17.4 Å². The van der Waals surface area contributed by atoms with Crippen LogP contribution in [-0.2, 0) is 6.54 Å². The summed E-state index contributed by atoms with van der Waals surface area (Å²) in [5.74, 6) is 1.36. The fourth-order valence-electron chi connectivity index (χ4n) is 1.81. The largest absolute Gasteiger partial charge is 0.439 e. The predicted octanol–water partition coefficient (Wildman–Crippen LogP) is 4.72. The van der Waals surface area contributed by atoms with Crippen LogP contribution in [0, 0.1) is 6.92 Å². The van der Waals surface area contributed by atoms with Gasteiger partial charge < -0.3 is 10.1 Å². The van der Waals surface area contributed by atoms with Crippen molar-refractivity contribution in [1.82, 2.24) is 10.3 Å². The summed E-state index contributed by atoms with van der Waals surface area (Å²) in [4.78, 5) is 4.52. The van der Waals surface area contributed by atoms with Gasteiger partial charge in [-0.15, -0.1) is 0 Å². The van der Waals surface area contributed by atoms with Gasteiger partial charge >= 0.3 is 0 Å². The van der Waals surface area contributed by atoms with Gasteiger partial charge in [0, 0.05) is 23.2 Å². The summed E-state index contributed by atoms with van der Waals surface area (Å²) >= 11 is 5.95. The summed E-state index contributed by atoms with van der Waals surface area (Å²) in [6, 6.07) is 11.3. The number of nitrogens with zero attached hydrogens (tertiary/aromatic N) is 1. The number of nitrogens with one attached hydrogen (secondary N) is 1. The molecule has 1 aromatic heterocycles. The van der Waals surface area contributed by atoms with Gasteiger partial charge in [0.25, 0.3) is 0 Å². The molecular formula is C17H21ClN2O. The Kier molecular flexibility index (Phi) is 4.86. The van der Waals surface area contributed by atoms with Crippen LogP contribution in [0.1, 0.15) is 32.0 Å². The van der Waals surface area contributed by atoms with E-state index in [1.807, 2.05) is 43.3 Å². The summed E-state index contributed by atoms with van der Waals surface area (Å²) in [5.41, 5.74) is 2.00. The maximum atomic E-state index is 5.95. The molecule has 2 rings (SSSR count). The van der Waals surface area contributed by atoms with E-state index in [1.54, 1.807) is 0 Å². The van der Waals surface area contributed by atoms with E-state index in [0.717, 1.165) is 17.0 Å². The Bertz CT molecular complexity index is 620. The predicted molar refractivity (Wildman–Crippen MR) is 87.1 cm³/mol.